The summed E-state index contributed by atoms with van der Waals surface area (Å²) in [6.07, 6.45) is 0. The number of amides is 1. The van der Waals surface area contributed by atoms with Crippen LogP contribution in [0.5, 0.6) is 5.75 Å². The molecule has 0 saturated carbocycles. The lowest BCUT2D eigenvalue weighted by atomic mass is 10.1. The Kier molecular flexibility index (Phi) is 4.20. The fraction of sp³-hybridized carbons (Fsp3) is 0.0714. The molecule has 2 N–H and O–H groups in total. The summed E-state index contributed by atoms with van der Waals surface area (Å²) < 4.78 is 25.8. The SMILES string of the molecule is O=C(NCc1ccc(F)c(F)c1)c1cc(O)ccc1Cl. The molecule has 0 aliphatic rings. The van der Waals surface area contributed by atoms with Gasteiger partial charge in [-0.3, -0.25) is 4.79 Å². The highest BCUT2D eigenvalue weighted by atomic mass is 35.5. The van der Waals surface area contributed by atoms with E-state index in [2.05, 4.69) is 5.32 Å². The molecule has 0 atom stereocenters. The van der Waals surface area contributed by atoms with Gasteiger partial charge in [-0.25, -0.2) is 8.78 Å². The lowest BCUT2D eigenvalue weighted by Crippen LogP contribution is -2.23. The van der Waals surface area contributed by atoms with Crippen molar-refractivity contribution in [3.63, 3.8) is 0 Å². The van der Waals surface area contributed by atoms with Gasteiger partial charge in [0.25, 0.3) is 5.91 Å². The second-order valence-corrected chi connectivity index (χ2v) is 4.50. The van der Waals surface area contributed by atoms with Crippen molar-refractivity contribution in [2.45, 2.75) is 6.54 Å². The molecule has 0 bridgehead atoms. The molecule has 3 nitrogen and oxygen atoms in total. The molecule has 0 spiro atoms. The Hall–Kier alpha value is -2.14. The van der Waals surface area contributed by atoms with Crippen LogP contribution in [0.2, 0.25) is 5.02 Å². The van der Waals surface area contributed by atoms with Gasteiger partial charge >= 0.3 is 0 Å². The van der Waals surface area contributed by atoms with Crippen molar-refractivity contribution >= 4 is 17.5 Å². The summed E-state index contributed by atoms with van der Waals surface area (Å²) in [5.41, 5.74) is 0.516. The van der Waals surface area contributed by atoms with Crippen LogP contribution in [0, 0.1) is 11.6 Å². The van der Waals surface area contributed by atoms with E-state index in [-0.39, 0.29) is 22.9 Å². The van der Waals surface area contributed by atoms with Crippen LogP contribution in [-0.4, -0.2) is 11.0 Å². The molecule has 1 amide bonds. The molecular formula is C14H10ClF2NO2. The average Bonchev–Trinajstić information content (AvgIpc) is 2.42. The topological polar surface area (TPSA) is 49.3 Å². The number of rotatable bonds is 3. The first kappa shape index (κ1) is 14.3. The van der Waals surface area contributed by atoms with Gasteiger partial charge in [-0.15, -0.1) is 0 Å². The summed E-state index contributed by atoms with van der Waals surface area (Å²) in [6, 6.07) is 7.32. The van der Waals surface area contributed by atoms with Gasteiger partial charge in [-0.1, -0.05) is 17.7 Å². The number of halogens is 3. The number of carbonyl (C=O) groups excluding carboxylic acids is 1. The average molecular weight is 298 g/mol. The van der Waals surface area contributed by atoms with Crippen molar-refractivity contribution in [1.29, 1.82) is 0 Å². The van der Waals surface area contributed by atoms with Gasteiger partial charge in [0.05, 0.1) is 10.6 Å². The maximum Gasteiger partial charge on any atom is 0.253 e. The zero-order chi connectivity index (χ0) is 14.7. The largest absolute Gasteiger partial charge is 0.508 e. The van der Waals surface area contributed by atoms with Gasteiger partial charge in [-0.05, 0) is 35.9 Å². The third-order valence-corrected chi connectivity index (χ3v) is 2.96. The molecule has 2 rings (SSSR count). The predicted molar refractivity (Wildman–Crippen MR) is 70.6 cm³/mol. The Bertz CT molecular complexity index is 662. The minimum absolute atomic E-state index is 0.0159. The number of carbonyl (C=O) groups is 1. The summed E-state index contributed by atoms with van der Waals surface area (Å²) >= 11 is 5.84. The molecular weight excluding hydrogens is 288 g/mol. The van der Waals surface area contributed by atoms with Crippen molar-refractivity contribution < 1.29 is 18.7 Å². The van der Waals surface area contributed by atoms with Crippen molar-refractivity contribution in [2.24, 2.45) is 0 Å². The van der Waals surface area contributed by atoms with Crippen LogP contribution in [-0.2, 0) is 6.54 Å². The zero-order valence-electron chi connectivity index (χ0n) is 10.2. The van der Waals surface area contributed by atoms with Crippen molar-refractivity contribution in [1.82, 2.24) is 5.32 Å². The highest BCUT2D eigenvalue weighted by Gasteiger charge is 2.11. The van der Waals surface area contributed by atoms with E-state index in [0.29, 0.717) is 5.56 Å². The first-order chi connectivity index (χ1) is 9.47. The minimum atomic E-state index is -0.980. The van der Waals surface area contributed by atoms with Crippen LogP contribution < -0.4 is 5.32 Å². The molecule has 0 fully saturated rings. The fourth-order valence-electron chi connectivity index (χ4n) is 1.61. The third-order valence-electron chi connectivity index (χ3n) is 2.63. The maximum absolute atomic E-state index is 13.0. The summed E-state index contributed by atoms with van der Waals surface area (Å²) in [5, 5.41) is 12.0. The van der Waals surface area contributed by atoms with Gasteiger partial charge in [0, 0.05) is 6.54 Å². The van der Waals surface area contributed by atoms with E-state index >= 15 is 0 Å². The Morgan fingerprint density at radius 1 is 1.15 bits per heavy atom. The van der Waals surface area contributed by atoms with E-state index in [1.54, 1.807) is 0 Å². The van der Waals surface area contributed by atoms with Crippen LogP contribution in [0.25, 0.3) is 0 Å². The molecule has 6 heteroatoms. The minimum Gasteiger partial charge on any atom is -0.508 e. The van der Waals surface area contributed by atoms with Gasteiger partial charge < -0.3 is 10.4 Å². The molecule has 104 valence electrons. The quantitative estimate of drug-likeness (QED) is 0.913. The second-order valence-electron chi connectivity index (χ2n) is 4.10. The molecule has 2 aromatic rings. The smallest absolute Gasteiger partial charge is 0.253 e. The molecule has 0 aliphatic carbocycles. The summed E-state index contributed by atoms with van der Waals surface area (Å²) in [4.78, 5) is 11.9. The first-order valence-electron chi connectivity index (χ1n) is 5.68. The normalized spacial score (nSPS) is 10.3. The Balaban J connectivity index is 2.08. The lowest BCUT2D eigenvalue weighted by molar-refractivity contribution is 0.0950. The van der Waals surface area contributed by atoms with Gasteiger partial charge in [-0.2, -0.15) is 0 Å². The van der Waals surface area contributed by atoms with Gasteiger partial charge in [0.15, 0.2) is 11.6 Å². The van der Waals surface area contributed by atoms with Gasteiger partial charge in [0.1, 0.15) is 5.75 Å². The lowest BCUT2D eigenvalue weighted by Gasteiger charge is -2.07. The molecule has 0 radical (unpaired) electrons. The van der Waals surface area contributed by atoms with Gasteiger partial charge in [0.2, 0.25) is 0 Å². The molecule has 0 heterocycles. The van der Waals surface area contributed by atoms with Crippen molar-refractivity contribution in [3.05, 3.63) is 64.2 Å². The number of benzene rings is 2. The number of phenolic OH excluding ortho intramolecular Hbond substituents is 1. The molecule has 0 saturated heterocycles. The second kappa shape index (κ2) is 5.88. The van der Waals surface area contributed by atoms with Crippen molar-refractivity contribution in [2.75, 3.05) is 0 Å². The predicted octanol–water partition coefficient (Wildman–Crippen LogP) is 3.25. The van der Waals surface area contributed by atoms with E-state index in [1.807, 2.05) is 0 Å². The molecule has 2 aromatic carbocycles. The fourth-order valence-corrected chi connectivity index (χ4v) is 1.82. The van der Waals surface area contributed by atoms with E-state index in [1.165, 1.54) is 24.3 Å². The van der Waals surface area contributed by atoms with E-state index in [4.69, 9.17) is 11.6 Å². The van der Waals surface area contributed by atoms with Crippen LogP contribution in [0.1, 0.15) is 15.9 Å². The van der Waals surface area contributed by atoms with Crippen LogP contribution in [0.15, 0.2) is 36.4 Å². The third kappa shape index (κ3) is 3.24. The van der Waals surface area contributed by atoms with E-state index < -0.39 is 17.5 Å². The molecule has 0 unspecified atom stereocenters. The number of nitrogens with one attached hydrogen (secondary N) is 1. The molecule has 0 aliphatic heterocycles. The Morgan fingerprint density at radius 3 is 2.60 bits per heavy atom. The van der Waals surface area contributed by atoms with Crippen LogP contribution in [0.4, 0.5) is 8.78 Å². The number of aromatic hydroxyl groups is 1. The monoisotopic (exact) mass is 297 g/mol. The van der Waals surface area contributed by atoms with Crippen molar-refractivity contribution in [3.8, 4) is 5.75 Å². The number of phenols is 1. The van der Waals surface area contributed by atoms with Crippen LogP contribution in [0.3, 0.4) is 0 Å². The molecule has 20 heavy (non-hydrogen) atoms. The summed E-state index contributed by atoms with van der Waals surface area (Å²) in [7, 11) is 0. The Morgan fingerprint density at radius 2 is 1.90 bits per heavy atom. The van der Waals surface area contributed by atoms with Crippen LogP contribution >= 0.6 is 11.6 Å². The number of hydrogen-bond acceptors (Lipinski definition) is 2. The first-order valence-corrected chi connectivity index (χ1v) is 6.06. The van der Waals surface area contributed by atoms with E-state index in [9.17, 15) is 18.7 Å². The zero-order valence-corrected chi connectivity index (χ0v) is 10.9. The maximum atomic E-state index is 13.0. The van der Waals surface area contributed by atoms with E-state index in [0.717, 1.165) is 12.1 Å². The standard InChI is InChI=1S/C14H10ClF2NO2/c15-11-3-2-9(19)6-10(11)14(20)18-7-8-1-4-12(16)13(17)5-8/h1-6,19H,7H2,(H,18,20). The number of hydrogen-bond donors (Lipinski definition) is 2. The summed E-state index contributed by atoms with van der Waals surface area (Å²) in [5.74, 6) is -2.54. The highest BCUT2D eigenvalue weighted by molar-refractivity contribution is 6.33. The highest BCUT2D eigenvalue weighted by Crippen LogP contribution is 2.21. The summed E-state index contributed by atoms with van der Waals surface area (Å²) in [6.45, 7) is 0.0159. The molecule has 0 aromatic heterocycles. The Labute approximate surface area is 118 Å².